The Hall–Kier alpha value is -2.59. The molecule has 0 bridgehead atoms. The number of carbonyl (C=O) groups excluding carboxylic acids is 3. The summed E-state index contributed by atoms with van der Waals surface area (Å²) in [5, 5.41) is 10.8. The van der Waals surface area contributed by atoms with Crippen molar-refractivity contribution in [2.24, 2.45) is 4.99 Å². The van der Waals surface area contributed by atoms with Crippen LogP contribution in [0.3, 0.4) is 0 Å². The van der Waals surface area contributed by atoms with Crippen LogP contribution in [-0.2, 0) is 23.8 Å². The molecule has 9 heteroatoms. The molecule has 0 saturated heterocycles. The van der Waals surface area contributed by atoms with Crippen molar-refractivity contribution in [1.29, 1.82) is 5.26 Å². The van der Waals surface area contributed by atoms with Gasteiger partial charge in [-0.05, 0) is 32.1 Å². The highest BCUT2D eigenvalue weighted by Crippen LogP contribution is 2.02. The Morgan fingerprint density at radius 1 is 0.923 bits per heavy atom. The zero-order chi connectivity index (χ0) is 19.3. The lowest BCUT2D eigenvalue weighted by Gasteiger charge is -2.08. The first-order valence-corrected chi connectivity index (χ1v) is 8.81. The molecular weight excluding hydrogens is 342 g/mol. The summed E-state index contributed by atoms with van der Waals surface area (Å²) in [6.45, 7) is 1.40. The van der Waals surface area contributed by atoms with E-state index >= 15 is 0 Å². The van der Waals surface area contributed by atoms with E-state index in [9.17, 15) is 14.4 Å². The van der Waals surface area contributed by atoms with E-state index in [1.807, 2.05) is 0 Å². The smallest absolute Gasteiger partial charge is 0.407 e. The Labute approximate surface area is 153 Å². The van der Waals surface area contributed by atoms with Gasteiger partial charge in [-0.1, -0.05) is 12.8 Å². The molecule has 1 N–H and O–H groups in total. The summed E-state index contributed by atoms with van der Waals surface area (Å²) in [4.78, 5) is 36.1. The van der Waals surface area contributed by atoms with Crippen LogP contribution in [0.1, 0.15) is 51.4 Å². The van der Waals surface area contributed by atoms with Gasteiger partial charge in [-0.25, -0.2) is 14.6 Å². The van der Waals surface area contributed by atoms with E-state index in [0.29, 0.717) is 26.1 Å². The Kier molecular flexibility index (Phi) is 16.9. The van der Waals surface area contributed by atoms with E-state index in [4.69, 9.17) is 14.7 Å². The van der Waals surface area contributed by atoms with E-state index in [0.717, 1.165) is 38.5 Å². The van der Waals surface area contributed by atoms with Gasteiger partial charge in [-0.15, -0.1) is 0 Å². The van der Waals surface area contributed by atoms with Crippen molar-refractivity contribution in [3.8, 4) is 6.26 Å². The molecule has 0 fully saturated rings. The summed E-state index contributed by atoms with van der Waals surface area (Å²) >= 11 is 0. The number of hydrogen-bond acceptors (Lipinski definition) is 8. The highest BCUT2D eigenvalue weighted by Gasteiger charge is 2.04. The number of nitriles is 1. The van der Waals surface area contributed by atoms with Gasteiger partial charge in [0, 0.05) is 13.0 Å². The molecule has 0 saturated carbocycles. The second-order valence-corrected chi connectivity index (χ2v) is 5.42. The molecular formula is C17H27N3O6. The average Bonchev–Trinajstić information content (AvgIpc) is 2.64. The Bertz CT molecular complexity index is 472. The zero-order valence-electron chi connectivity index (χ0n) is 15.0. The van der Waals surface area contributed by atoms with E-state index in [-0.39, 0.29) is 25.6 Å². The second-order valence-electron chi connectivity index (χ2n) is 5.42. The minimum Gasteiger partial charge on any atom is -0.462 e. The number of isocyanates is 1. The van der Waals surface area contributed by atoms with Crippen molar-refractivity contribution in [2.75, 3.05) is 32.9 Å². The first kappa shape index (κ1) is 23.4. The molecule has 0 spiro atoms. The zero-order valence-corrected chi connectivity index (χ0v) is 15.0. The molecule has 0 aromatic rings. The molecule has 0 aliphatic rings. The molecule has 146 valence electrons. The van der Waals surface area contributed by atoms with Crippen molar-refractivity contribution in [1.82, 2.24) is 5.32 Å². The second kappa shape index (κ2) is 18.7. The number of unbranched alkanes of at least 4 members (excludes halogenated alkanes) is 5. The van der Waals surface area contributed by atoms with Gasteiger partial charge in [0.2, 0.25) is 6.08 Å². The van der Waals surface area contributed by atoms with Gasteiger partial charge in [0.15, 0.2) is 0 Å². The van der Waals surface area contributed by atoms with Gasteiger partial charge in [-0.3, -0.25) is 4.79 Å². The number of nitrogens with zero attached hydrogens (tertiary/aromatic N) is 2. The van der Waals surface area contributed by atoms with Crippen LogP contribution in [0.2, 0.25) is 0 Å². The molecule has 0 atom stereocenters. The lowest BCUT2D eigenvalue weighted by Crippen LogP contribution is -2.26. The van der Waals surface area contributed by atoms with Crippen molar-refractivity contribution in [2.45, 2.75) is 51.4 Å². The first-order chi connectivity index (χ1) is 12.7. The number of aliphatic imine (C=N–C) groups is 1. The topological polar surface area (TPSA) is 127 Å². The van der Waals surface area contributed by atoms with Gasteiger partial charge in [0.1, 0.15) is 19.8 Å². The number of esters is 1. The summed E-state index contributed by atoms with van der Waals surface area (Å²) in [7, 11) is 0. The first-order valence-electron chi connectivity index (χ1n) is 8.81. The molecule has 9 nitrogen and oxygen atoms in total. The third-order valence-electron chi connectivity index (χ3n) is 3.30. The van der Waals surface area contributed by atoms with Crippen molar-refractivity contribution >= 4 is 18.1 Å². The fraction of sp³-hybridized carbons (Fsp3) is 0.765. The average molecular weight is 369 g/mol. The van der Waals surface area contributed by atoms with Gasteiger partial charge in [-0.2, -0.15) is 5.26 Å². The maximum absolute atomic E-state index is 11.4. The molecule has 0 radical (unpaired) electrons. The summed E-state index contributed by atoms with van der Waals surface area (Å²) in [5.74, 6) is -0.340. The van der Waals surface area contributed by atoms with Crippen LogP contribution < -0.4 is 5.32 Å². The molecule has 0 heterocycles. The molecule has 0 aromatic carbocycles. The van der Waals surface area contributed by atoms with Crippen LogP contribution in [0.15, 0.2) is 4.99 Å². The standard InChI is InChI=1S/C17H27N3O6/c18-14-24-11-7-2-1-6-10-20-17(23)26-13-12-25-16(22)8-4-3-5-9-19-15-21/h1-13H2,(H,20,23). The lowest BCUT2D eigenvalue weighted by molar-refractivity contribution is -0.144. The molecule has 0 aromatic heterocycles. The fourth-order valence-corrected chi connectivity index (χ4v) is 1.98. The minimum atomic E-state index is -0.537. The van der Waals surface area contributed by atoms with Crippen LogP contribution in [0.4, 0.5) is 4.79 Å². The SMILES string of the molecule is N#COCCCCCCNC(=O)OCCOC(=O)CCCCCN=C=O. The third-order valence-corrected chi connectivity index (χ3v) is 3.30. The highest BCUT2D eigenvalue weighted by molar-refractivity contribution is 5.69. The quantitative estimate of drug-likeness (QED) is 0.145. The summed E-state index contributed by atoms with van der Waals surface area (Å²) in [6.07, 6.45) is 8.49. The normalized spacial score (nSPS) is 9.50. The Morgan fingerprint density at radius 2 is 1.65 bits per heavy atom. The predicted octanol–water partition coefficient (Wildman–Crippen LogP) is 2.21. The molecule has 0 unspecified atom stereocenters. The molecule has 0 rings (SSSR count). The van der Waals surface area contributed by atoms with Crippen molar-refractivity contribution in [3.05, 3.63) is 0 Å². The molecule has 0 aliphatic heterocycles. The lowest BCUT2D eigenvalue weighted by atomic mass is 10.2. The van der Waals surface area contributed by atoms with E-state index in [1.165, 1.54) is 6.08 Å². The van der Waals surface area contributed by atoms with Crippen LogP contribution in [-0.4, -0.2) is 51.1 Å². The van der Waals surface area contributed by atoms with Gasteiger partial charge < -0.3 is 19.5 Å². The summed E-state index contributed by atoms with van der Waals surface area (Å²) in [5.41, 5.74) is 0. The number of carbonyl (C=O) groups is 2. The van der Waals surface area contributed by atoms with E-state index < -0.39 is 6.09 Å². The largest absolute Gasteiger partial charge is 0.462 e. The highest BCUT2D eigenvalue weighted by atomic mass is 16.6. The van der Waals surface area contributed by atoms with Crippen LogP contribution in [0.5, 0.6) is 0 Å². The summed E-state index contributed by atoms with van der Waals surface area (Å²) in [6, 6.07) is 0. The van der Waals surface area contributed by atoms with Gasteiger partial charge in [0.05, 0.1) is 6.54 Å². The van der Waals surface area contributed by atoms with Crippen LogP contribution in [0.25, 0.3) is 0 Å². The van der Waals surface area contributed by atoms with Crippen LogP contribution >= 0.6 is 0 Å². The molecule has 1 amide bonds. The molecule has 0 aliphatic carbocycles. The van der Waals surface area contributed by atoms with Crippen LogP contribution in [0, 0.1) is 11.5 Å². The van der Waals surface area contributed by atoms with Crippen molar-refractivity contribution < 1.29 is 28.6 Å². The number of amides is 1. The number of hydrogen-bond donors (Lipinski definition) is 1. The predicted molar refractivity (Wildman–Crippen MR) is 91.8 cm³/mol. The fourth-order valence-electron chi connectivity index (χ4n) is 1.98. The number of nitrogens with one attached hydrogen (secondary N) is 1. The Balaban J connectivity index is 3.35. The van der Waals surface area contributed by atoms with Gasteiger partial charge >= 0.3 is 12.1 Å². The maximum Gasteiger partial charge on any atom is 0.407 e. The number of rotatable bonds is 16. The van der Waals surface area contributed by atoms with E-state index in [2.05, 4.69) is 15.0 Å². The maximum atomic E-state index is 11.4. The molecule has 26 heavy (non-hydrogen) atoms. The van der Waals surface area contributed by atoms with Gasteiger partial charge in [0.25, 0.3) is 6.26 Å². The number of alkyl carbamates (subject to hydrolysis) is 1. The number of ether oxygens (including phenoxy) is 3. The third kappa shape index (κ3) is 17.8. The minimum absolute atomic E-state index is 0.0110. The monoisotopic (exact) mass is 369 g/mol. The Morgan fingerprint density at radius 3 is 2.42 bits per heavy atom. The van der Waals surface area contributed by atoms with Crippen molar-refractivity contribution in [3.63, 3.8) is 0 Å². The summed E-state index contributed by atoms with van der Waals surface area (Å²) < 4.78 is 14.4. The van der Waals surface area contributed by atoms with E-state index in [1.54, 1.807) is 6.26 Å².